The number of benzene rings is 1. The molecule has 1 aromatic heterocycles. The van der Waals surface area contributed by atoms with Crippen molar-refractivity contribution in [2.24, 2.45) is 0 Å². The standard InChI is InChI=1S/C16H18ClIN4O2S/c1-3-4-7-24-22(2)16(23)20-11-5-6-13(12(17)8-11)25-15-10-19-9-14(18)21-15/h5-6,8-10H,3-4,7H2,1-2H3,(H,20,23). The lowest BCUT2D eigenvalue weighted by Gasteiger charge is -2.17. The highest BCUT2D eigenvalue weighted by Gasteiger charge is 2.11. The van der Waals surface area contributed by atoms with Gasteiger partial charge >= 0.3 is 6.03 Å². The number of amides is 2. The van der Waals surface area contributed by atoms with Gasteiger partial charge in [0.1, 0.15) is 8.73 Å². The van der Waals surface area contributed by atoms with E-state index in [1.807, 2.05) is 6.07 Å². The molecule has 0 aliphatic carbocycles. The summed E-state index contributed by atoms with van der Waals surface area (Å²) in [5.41, 5.74) is 0.596. The van der Waals surface area contributed by atoms with Crippen LogP contribution in [0.5, 0.6) is 0 Å². The monoisotopic (exact) mass is 492 g/mol. The smallest absolute Gasteiger partial charge is 0.306 e. The van der Waals surface area contributed by atoms with Crippen LogP contribution in [0.3, 0.4) is 0 Å². The molecule has 25 heavy (non-hydrogen) atoms. The van der Waals surface area contributed by atoms with Gasteiger partial charge in [-0.05, 0) is 47.2 Å². The Morgan fingerprint density at radius 1 is 1.44 bits per heavy atom. The molecule has 0 atom stereocenters. The van der Waals surface area contributed by atoms with Crippen LogP contribution in [0.4, 0.5) is 10.5 Å². The Bertz CT molecular complexity index is 735. The van der Waals surface area contributed by atoms with E-state index in [0.717, 1.165) is 26.5 Å². The number of carbonyl (C=O) groups excluding carboxylic acids is 1. The molecule has 0 saturated carbocycles. The summed E-state index contributed by atoms with van der Waals surface area (Å²) < 4.78 is 0.814. The molecular formula is C16H18ClIN4O2S. The Morgan fingerprint density at radius 2 is 2.24 bits per heavy atom. The second-order valence-electron chi connectivity index (χ2n) is 5.04. The highest BCUT2D eigenvalue weighted by Crippen LogP contribution is 2.33. The highest BCUT2D eigenvalue weighted by molar-refractivity contribution is 14.1. The van der Waals surface area contributed by atoms with E-state index in [1.54, 1.807) is 31.6 Å². The predicted molar refractivity (Wildman–Crippen MR) is 108 cm³/mol. The summed E-state index contributed by atoms with van der Waals surface area (Å²) in [5.74, 6) is 0. The van der Waals surface area contributed by atoms with E-state index < -0.39 is 0 Å². The van der Waals surface area contributed by atoms with Gasteiger partial charge in [-0.3, -0.25) is 9.82 Å². The minimum absolute atomic E-state index is 0.351. The van der Waals surface area contributed by atoms with Gasteiger partial charge in [-0.1, -0.05) is 36.7 Å². The molecule has 1 aromatic carbocycles. The molecule has 0 aliphatic rings. The molecule has 0 radical (unpaired) electrons. The molecule has 6 nitrogen and oxygen atoms in total. The van der Waals surface area contributed by atoms with Gasteiger partial charge in [-0.2, -0.15) is 0 Å². The van der Waals surface area contributed by atoms with E-state index in [2.05, 4.69) is 44.8 Å². The van der Waals surface area contributed by atoms with Crippen LogP contribution in [0, 0.1) is 3.70 Å². The molecule has 0 fully saturated rings. The van der Waals surface area contributed by atoms with E-state index in [0.29, 0.717) is 17.3 Å². The number of halogens is 2. The normalized spacial score (nSPS) is 10.6. The molecule has 2 aromatic rings. The van der Waals surface area contributed by atoms with Crippen molar-refractivity contribution in [2.75, 3.05) is 19.0 Å². The van der Waals surface area contributed by atoms with Crippen LogP contribution >= 0.6 is 46.0 Å². The Morgan fingerprint density at radius 3 is 2.92 bits per heavy atom. The largest absolute Gasteiger partial charge is 0.345 e. The number of anilines is 1. The number of carbonyl (C=O) groups is 1. The van der Waals surface area contributed by atoms with Crippen molar-refractivity contribution in [1.82, 2.24) is 15.0 Å². The lowest BCUT2D eigenvalue weighted by molar-refractivity contribution is -0.0948. The number of nitrogens with zero attached hydrogens (tertiary/aromatic N) is 3. The molecule has 0 bridgehead atoms. The van der Waals surface area contributed by atoms with Gasteiger partial charge in [-0.25, -0.2) is 14.8 Å². The molecule has 1 N–H and O–H groups in total. The maximum absolute atomic E-state index is 12.1. The maximum Gasteiger partial charge on any atom is 0.345 e. The van der Waals surface area contributed by atoms with Crippen LogP contribution in [-0.4, -0.2) is 34.7 Å². The summed E-state index contributed by atoms with van der Waals surface area (Å²) in [6, 6.07) is 4.97. The summed E-state index contributed by atoms with van der Waals surface area (Å²) in [6.07, 6.45) is 5.27. The molecule has 2 rings (SSSR count). The van der Waals surface area contributed by atoms with Crippen molar-refractivity contribution in [3.8, 4) is 0 Å². The molecule has 9 heteroatoms. The Balaban J connectivity index is 1.98. The first-order chi connectivity index (χ1) is 12.0. The van der Waals surface area contributed by atoms with E-state index in [1.165, 1.54) is 16.8 Å². The molecule has 0 spiro atoms. The second-order valence-corrected chi connectivity index (χ2v) is 7.62. The van der Waals surface area contributed by atoms with Crippen molar-refractivity contribution >= 4 is 57.7 Å². The quantitative estimate of drug-likeness (QED) is 0.332. The third-order valence-corrected chi connectivity index (χ3v) is 4.98. The molecule has 134 valence electrons. The average Bonchev–Trinajstić information content (AvgIpc) is 2.57. The molecule has 0 aliphatic heterocycles. The Kier molecular flexibility index (Phi) is 8.20. The number of hydroxylamine groups is 2. The lowest BCUT2D eigenvalue weighted by atomic mass is 10.3. The first-order valence-corrected chi connectivity index (χ1v) is 9.89. The average molecular weight is 493 g/mol. The fourth-order valence-electron chi connectivity index (χ4n) is 1.76. The zero-order valence-electron chi connectivity index (χ0n) is 13.8. The summed E-state index contributed by atoms with van der Waals surface area (Å²) >= 11 is 9.84. The number of aromatic nitrogens is 2. The first kappa shape index (κ1) is 20.2. The SMILES string of the molecule is CCCCON(C)C(=O)Nc1ccc(Sc2cncc(I)n2)c(Cl)c1. The van der Waals surface area contributed by atoms with E-state index in [4.69, 9.17) is 16.4 Å². The molecule has 1 heterocycles. The van der Waals surface area contributed by atoms with Crippen LogP contribution in [0.15, 0.2) is 40.5 Å². The third kappa shape index (κ3) is 6.61. The first-order valence-electron chi connectivity index (χ1n) is 7.62. The zero-order chi connectivity index (χ0) is 18.2. The van der Waals surface area contributed by atoms with Crippen LogP contribution in [0.25, 0.3) is 0 Å². The van der Waals surface area contributed by atoms with Gasteiger partial charge in [0.25, 0.3) is 0 Å². The number of urea groups is 1. The summed E-state index contributed by atoms with van der Waals surface area (Å²) in [7, 11) is 1.58. The topological polar surface area (TPSA) is 67.3 Å². The molecule has 0 unspecified atom stereocenters. The van der Waals surface area contributed by atoms with Gasteiger partial charge in [0.2, 0.25) is 0 Å². The van der Waals surface area contributed by atoms with Crippen LogP contribution in [-0.2, 0) is 4.84 Å². The van der Waals surface area contributed by atoms with Crippen molar-refractivity contribution in [1.29, 1.82) is 0 Å². The minimum atomic E-state index is -0.351. The van der Waals surface area contributed by atoms with Crippen molar-refractivity contribution in [2.45, 2.75) is 29.7 Å². The number of hydrogen-bond acceptors (Lipinski definition) is 5. The van der Waals surface area contributed by atoms with Crippen LogP contribution in [0.2, 0.25) is 5.02 Å². The fourth-order valence-corrected chi connectivity index (χ4v) is 3.41. The summed E-state index contributed by atoms with van der Waals surface area (Å²) in [5, 5.41) is 5.22. The number of hydrogen-bond donors (Lipinski definition) is 1. The number of rotatable bonds is 7. The predicted octanol–water partition coefficient (Wildman–Crippen LogP) is 5.08. The third-order valence-electron chi connectivity index (χ3n) is 3.05. The molecule has 2 amide bonds. The van der Waals surface area contributed by atoms with Crippen molar-refractivity contribution < 1.29 is 9.63 Å². The lowest BCUT2D eigenvalue weighted by Crippen LogP contribution is -2.31. The summed E-state index contributed by atoms with van der Waals surface area (Å²) in [4.78, 5) is 26.7. The van der Waals surface area contributed by atoms with E-state index >= 15 is 0 Å². The van der Waals surface area contributed by atoms with Gasteiger partial charge in [0.05, 0.1) is 24.0 Å². The van der Waals surface area contributed by atoms with Crippen molar-refractivity contribution in [3.05, 3.63) is 39.3 Å². The number of unbranched alkanes of at least 4 members (excludes halogenated alkanes) is 1. The number of nitrogens with one attached hydrogen (secondary N) is 1. The maximum atomic E-state index is 12.1. The van der Waals surface area contributed by atoms with Gasteiger partial charge in [-0.15, -0.1) is 0 Å². The van der Waals surface area contributed by atoms with E-state index in [-0.39, 0.29) is 6.03 Å². The Labute approximate surface area is 169 Å². The molecule has 0 saturated heterocycles. The van der Waals surface area contributed by atoms with Gasteiger partial charge in [0, 0.05) is 17.6 Å². The summed E-state index contributed by atoms with van der Waals surface area (Å²) in [6.45, 7) is 2.57. The van der Waals surface area contributed by atoms with Crippen LogP contribution in [0.1, 0.15) is 19.8 Å². The highest BCUT2D eigenvalue weighted by atomic mass is 127. The van der Waals surface area contributed by atoms with Gasteiger partial charge < -0.3 is 5.32 Å². The molecular weight excluding hydrogens is 475 g/mol. The van der Waals surface area contributed by atoms with Crippen LogP contribution < -0.4 is 5.32 Å². The van der Waals surface area contributed by atoms with Gasteiger partial charge in [0.15, 0.2) is 0 Å². The zero-order valence-corrected chi connectivity index (χ0v) is 17.6. The van der Waals surface area contributed by atoms with E-state index in [9.17, 15) is 4.79 Å². The Hall–Kier alpha value is -1.10. The fraction of sp³-hybridized carbons (Fsp3) is 0.312. The van der Waals surface area contributed by atoms with Crippen molar-refractivity contribution in [3.63, 3.8) is 0 Å². The second kappa shape index (κ2) is 10.1. The minimum Gasteiger partial charge on any atom is -0.306 e.